The molecule has 1 aromatic carbocycles. The van der Waals surface area contributed by atoms with Crippen molar-refractivity contribution < 1.29 is 22.4 Å². The topological polar surface area (TPSA) is 74.0 Å². The van der Waals surface area contributed by atoms with E-state index in [0.717, 1.165) is 18.9 Å². The molecule has 0 atom stereocenters. The molecule has 3 rings (SSSR count). The van der Waals surface area contributed by atoms with Crippen LogP contribution >= 0.6 is 11.8 Å². The number of pyridine rings is 1. The second-order valence-electron chi connectivity index (χ2n) is 7.42. The molecule has 0 aliphatic carbocycles. The number of aryl methyl sites for hydroxylation is 1. The van der Waals surface area contributed by atoms with Gasteiger partial charge in [0.15, 0.2) is 0 Å². The van der Waals surface area contributed by atoms with Crippen LogP contribution in [0.15, 0.2) is 51.1 Å². The summed E-state index contributed by atoms with van der Waals surface area (Å²) in [5.41, 5.74) is -2.43. The van der Waals surface area contributed by atoms with Crippen molar-refractivity contribution >= 4 is 18.0 Å². The monoisotopic (exact) mass is 495 g/mol. The predicted octanol–water partition coefficient (Wildman–Crippen LogP) is 3.92. The lowest BCUT2D eigenvalue weighted by Gasteiger charge is -2.17. The molecule has 0 saturated heterocycles. The summed E-state index contributed by atoms with van der Waals surface area (Å²) in [6, 6.07) is 6.32. The molecule has 0 radical (unpaired) electrons. The lowest BCUT2D eigenvalue weighted by molar-refractivity contribution is -0.144. The van der Waals surface area contributed by atoms with Crippen molar-refractivity contribution in [1.29, 1.82) is 0 Å². The second kappa shape index (κ2) is 10.4. The zero-order valence-electron chi connectivity index (χ0n) is 18.4. The molecule has 0 bridgehead atoms. The van der Waals surface area contributed by atoms with Crippen molar-refractivity contribution in [2.75, 3.05) is 5.75 Å². The summed E-state index contributed by atoms with van der Waals surface area (Å²) in [7, 11) is 0.874. The van der Waals surface area contributed by atoms with Gasteiger partial charge in [0, 0.05) is 37.9 Å². The minimum Gasteiger partial charge on any atom is -0.303 e. The smallest absolute Gasteiger partial charge is 0.303 e. The Morgan fingerprint density at radius 3 is 2.50 bits per heavy atom. The molecule has 0 amide bonds. The van der Waals surface area contributed by atoms with E-state index in [1.54, 1.807) is 12.3 Å². The number of rotatable bonds is 8. The molecule has 6 nitrogen and oxygen atoms in total. The van der Waals surface area contributed by atoms with E-state index < -0.39 is 34.6 Å². The van der Waals surface area contributed by atoms with Crippen molar-refractivity contribution in [3.63, 3.8) is 0 Å². The van der Waals surface area contributed by atoms with Crippen molar-refractivity contribution in [3.8, 4) is 5.69 Å². The molecule has 2 heterocycles. The molecule has 34 heavy (non-hydrogen) atoms. The molecule has 2 aromatic heterocycles. The van der Waals surface area contributed by atoms with E-state index in [-0.39, 0.29) is 17.1 Å². The van der Waals surface area contributed by atoms with Gasteiger partial charge in [-0.2, -0.15) is 13.2 Å². The fourth-order valence-electron chi connectivity index (χ4n) is 3.53. The highest BCUT2D eigenvalue weighted by molar-refractivity contribution is 7.99. The molecule has 0 fully saturated rings. The van der Waals surface area contributed by atoms with Crippen LogP contribution < -0.4 is 11.2 Å². The quantitative estimate of drug-likeness (QED) is 0.205. The van der Waals surface area contributed by atoms with Gasteiger partial charge in [0.25, 0.3) is 5.56 Å². The number of aldehydes is 1. The number of halogens is 4. The summed E-state index contributed by atoms with van der Waals surface area (Å²) in [6.45, 7) is 1.81. The Balaban J connectivity index is 2.13. The first-order chi connectivity index (χ1) is 16.1. The Morgan fingerprint density at radius 1 is 1.12 bits per heavy atom. The third-order valence-electron chi connectivity index (χ3n) is 5.21. The van der Waals surface area contributed by atoms with Gasteiger partial charge < -0.3 is 4.79 Å². The van der Waals surface area contributed by atoms with Crippen LogP contribution in [0.4, 0.5) is 17.6 Å². The van der Waals surface area contributed by atoms with Gasteiger partial charge in [-0.1, -0.05) is 13.0 Å². The van der Waals surface area contributed by atoms with E-state index in [1.807, 2.05) is 13.0 Å². The summed E-state index contributed by atoms with van der Waals surface area (Å²) in [5, 5.41) is 0.680. The number of hydrogen-bond acceptors (Lipinski definition) is 5. The average Bonchev–Trinajstić information content (AvgIpc) is 2.78. The third kappa shape index (κ3) is 5.30. The maximum absolute atomic E-state index is 15.0. The van der Waals surface area contributed by atoms with Crippen LogP contribution in [0.5, 0.6) is 0 Å². The van der Waals surface area contributed by atoms with E-state index in [1.165, 1.54) is 23.9 Å². The maximum Gasteiger partial charge on any atom is 0.431 e. The van der Waals surface area contributed by atoms with Crippen LogP contribution in [0.3, 0.4) is 0 Å². The summed E-state index contributed by atoms with van der Waals surface area (Å²) in [6.07, 6.45) is -1.43. The summed E-state index contributed by atoms with van der Waals surface area (Å²) >= 11 is 1.39. The molecular weight excluding hydrogens is 474 g/mol. The third-order valence-corrected chi connectivity index (χ3v) is 6.29. The molecule has 0 unspecified atom stereocenters. The molecule has 0 spiro atoms. The van der Waals surface area contributed by atoms with Crippen molar-refractivity contribution in [2.24, 2.45) is 7.05 Å². The Labute approximate surface area is 196 Å². The molecule has 0 saturated carbocycles. The first-order valence-corrected chi connectivity index (χ1v) is 11.3. The van der Waals surface area contributed by atoms with E-state index in [2.05, 4.69) is 4.98 Å². The number of carbonyl (C=O) groups excluding carboxylic acids is 1. The molecule has 0 aliphatic rings. The lowest BCUT2D eigenvalue weighted by Crippen LogP contribution is -2.41. The summed E-state index contributed by atoms with van der Waals surface area (Å²) in [4.78, 5) is 40.1. The predicted molar refractivity (Wildman–Crippen MR) is 120 cm³/mol. The van der Waals surface area contributed by atoms with Crippen LogP contribution in [0.25, 0.3) is 5.69 Å². The standard InChI is InChI=1S/C23H21F4N3O3S/c1-3-14-11-17(24)18(30-20(32)13-19(23(25,26)27)29(2)22(30)33)12-16(14)10-15-6-4-7-28-21(15)34-9-5-8-31/h4,6-8,11-13H,3,5,9-10H2,1-2H3. The van der Waals surface area contributed by atoms with Crippen LogP contribution in [0.1, 0.15) is 35.7 Å². The molecular formula is C23H21F4N3O3S. The average molecular weight is 495 g/mol. The van der Waals surface area contributed by atoms with Gasteiger partial charge in [0.2, 0.25) is 0 Å². The van der Waals surface area contributed by atoms with Gasteiger partial charge in [-0.3, -0.25) is 9.36 Å². The van der Waals surface area contributed by atoms with Gasteiger partial charge >= 0.3 is 11.9 Å². The van der Waals surface area contributed by atoms with Crippen LogP contribution in [-0.2, 0) is 30.9 Å². The highest BCUT2D eigenvalue weighted by atomic mass is 32.2. The number of nitrogens with zero attached hydrogens (tertiary/aromatic N) is 3. The van der Waals surface area contributed by atoms with Gasteiger partial charge in [-0.05, 0) is 41.3 Å². The number of thioether (sulfide) groups is 1. The number of benzene rings is 1. The van der Waals surface area contributed by atoms with E-state index >= 15 is 0 Å². The zero-order valence-corrected chi connectivity index (χ0v) is 19.2. The SMILES string of the molecule is CCc1cc(F)c(-n2c(=O)cc(C(F)(F)F)n(C)c2=O)cc1Cc1cccnc1SCCC=O. The van der Waals surface area contributed by atoms with Gasteiger partial charge in [-0.25, -0.2) is 18.7 Å². The number of hydrogen-bond donors (Lipinski definition) is 0. The zero-order chi connectivity index (χ0) is 25.0. The Kier molecular flexibility index (Phi) is 7.75. The Hall–Kier alpha value is -3.21. The maximum atomic E-state index is 15.0. The van der Waals surface area contributed by atoms with Crippen LogP contribution in [0, 0.1) is 5.82 Å². The first-order valence-electron chi connectivity index (χ1n) is 10.3. The van der Waals surface area contributed by atoms with E-state index in [9.17, 15) is 31.9 Å². The largest absolute Gasteiger partial charge is 0.431 e. The molecule has 3 aromatic rings. The summed E-state index contributed by atoms with van der Waals surface area (Å²) in [5.74, 6) is -0.369. The Bertz CT molecular complexity index is 1330. The van der Waals surface area contributed by atoms with Crippen LogP contribution in [-0.4, -0.2) is 26.2 Å². The van der Waals surface area contributed by atoms with Crippen LogP contribution in [0.2, 0.25) is 0 Å². The highest BCUT2D eigenvalue weighted by Crippen LogP contribution is 2.28. The first kappa shape index (κ1) is 25.4. The fourth-order valence-corrected chi connectivity index (χ4v) is 4.40. The van der Waals surface area contributed by atoms with Gasteiger partial charge in [-0.15, -0.1) is 11.8 Å². The number of carbonyl (C=O) groups is 1. The normalized spacial score (nSPS) is 11.6. The summed E-state index contributed by atoms with van der Waals surface area (Å²) < 4.78 is 55.1. The molecule has 11 heteroatoms. The van der Waals surface area contributed by atoms with Gasteiger partial charge in [0.1, 0.15) is 17.8 Å². The second-order valence-corrected chi connectivity index (χ2v) is 8.50. The Morgan fingerprint density at radius 2 is 1.85 bits per heavy atom. The minimum atomic E-state index is -4.92. The molecule has 0 N–H and O–H groups in total. The lowest BCUT2D eigenvalue weighted by atomic mass is 9.98. The molecule has 0 aliphatic heterocycles. The van der Waals surface area contributed by atoms with Crippen molar-refractivity contribution in [1.82, 2.24) is 14.1 Å². The minimum absolute atomic E-state index is 0.275. The van der Waals surface area contributed by atoms with E-state index in [4.69, 9.17) is 0 Å². The van der Waals surface area contributed by atoms with Crippen molar-refractivity contribution in [2.45, 2.75) is 37.4 Å². The molecule has 180 valence electrons. The van der Waals surface area contributed by atoms with Crippen molar-refractivity contribution in [3.05, 3.63) is 85.6 Å². The number of aromatic nitrogens is 3. The fraction of sp³-hybridized carbons (Fsp3) is 0.304. The van der Waals surface area contributed by atoms with Gasteiger partial charge in [0.05, 0.1) is 10.7 Å². The number of alkyl halides is 3. The highest BCUT2D eigenvalue weighted by Gasteiger charge is 2.35. The van der Waals surface area contributed by atoms with E-state index in [0.29, 0.717) is 39.3 Å².